The van der Waals surface area contributed by atoms with E-state index < -0.39 is 0 Å². The summed E-state index contributed by atoms with van der Waals surface area (Å²) < 4.78 is 0. The molecule has 0 unspecified atom stereocenters. The Labute approximate surface area is 190 Å². The van der Waals surface area contributed by atoms with E-state index in [2.05, 4.69) is 20.1 Å². The van der Waals surface area contributed by atoms with E-state index in [4.69, 9.17) is 11.6 Å². The lowest BCUT2D eigenvalue weighted by atomic mass is 10.1. The summed E-state index contributed by atoms with van der Waals surface area (Å²) >= 11 is 6.06. The van der Waals surface area contributed by atoms with Crippen molar-refractivity contribution >= 4 is 45.3 Å². The molecule has 0 spiro atoms. The lowest BCUT2D eigenvalue weighted by Gasteiger charge is -2.39. The molecular formula is C23H24ClN5O3. The van der Waals surface area contributed by atoms with Gasteiger partial charge in [-0.25, -0.2) is 0 Å². The Balaban J connectivity index is 1.45. The van der Waals surface area contributed by atoms with E-state index in [1.165, 1.54) is 12.3 Å². The molecule has 1 saturated heterocycles. The highest BCUT2D eigenvalue weighted by Gasteiger charge is 2.27. The third kappa shape index (κ3) is 4.37. The Morgan fingerprint density at radius 2 is 1.91 bits per heavy atom. The standard InChI is InChI=1S/C23H24ClN5O3/c1-15-3-4-17(24)13-20(15)26-23(30)16(2)27-9-11-28(12-10-27)21-5-6-22(29(31)32)19-14-25-8-7-18(19)21/h3-8,13-14,16H,9-12H2,1-2H3,(H,26,30)/t16-/m0/s1. The number of hydrogen-bond acceptors (Lipinski definition) is 6. The van der Waals surface area contributed by atoms with Crippen molar-refractivity contribution in [2.24, 2.45) is 0 Å². The summed E-state index contributed by atoms with van der Waals surface area (Å²) in [4.78, 5) is 32.2. The number of halogens is 1. The fourth-order valence-corrected chi connectivity index (χ4v) is 4.25. The molecule has 1 N–H and O–H groups in total. The second kappa shape index (κ2) is 9.10. The molecule has 0 bridgehead atoms. The predicted molar refractivity (Wildman–Crippen MR) is 126 cm³/mol. The van der Waals surface area contributed by atoms with Crippen molar-refractivity contribution in [3.05, 3.63) is 69.5 Å². The number of carbonyl (C=O) groups excluding carboxylic acids is 1. The van der Waals surface area contributed by atoms with Crippen molar-refractivity contribution in [3.8, 4) is 0 Å². The van der Waals surface area contributed by atoms with Crippen LogP contribution in [-0.2, 0) is 4.79 Å². The Kier molecular flexibility index (Phi) is 6.25. The van der Waals surface area contributed by atoms with Crippen molar-refractivity contribution in [3.63, 3.8) is 0 Å². The van der Waals surface area contributed by atoms with Crippen LogP contribution in [0, 0.1) is 17.0 Å². The van der Waals surface area contributed by atoms with Crippen LogP contribution in [0.15, 0.2) is 48.8 Å². The fraction of sp³-hybridized carbons (Fsp3) is 0.304. The molecule has 2 aromatic carbocycles. The molecule has 32 heavy (non-hydrogen) atoms. The van der Waals surface area contributed by atoms with Crippen LogP contribution in [-0.4, -0.2) is 52.9 Å². The van der Waals surface area contributed by atoms with Crippen LogP contribution in [0.1, 0.15) is 12.5 Å². The van der Waals surface area contributed by atoms with E-state index in [0.717, 1.165) is 22.3 Å². The van der Waals surface area contributed by atoms with Crippen molar-refractivity contribution in [2.75, 3.05) is 36.4 Å². The van der Waals surface area contributed by atoms with E-state index in [1.54, 1.807) is 24.4 Å². The molecular weight excluding hydrogens is 430 g/mol. The molecule has 166 valence electrons. The van der Waals surface area contributed by atoms with Gasteiger partial charge in [-0.3, -0.25) is 24.8 Å². The van der Waals surface area contributed by atoms with E-state index in [1.807, 2.05) is 26.0 Å². The molecule has 4 rings (SSSR count). The van der Waals surface area contributed by atoms with Crippen molar-refractivity contribution in [2.45, 2.75) is 19.9 Å². The molecule has 8 nitrogen and oxygen atoms in total. The minimum Gasteiger partial charge on any atom is -0.368 e. The summed E-state index contributed by atoms with van der Waals surface area (Å²) in [7, 11) is 0. The zero-order valence-corrected chi connectivity index (χ0v) is 18.7. The first kappa shape index (κ1) is 22.0. The monoisotopic (exact) mass is 453 g/mol. The summed E-state index contributed by atoms with van der Waals surface area (Å²) in [6.45, 7) is 6.66. The van der Waals surface area contributed by atoms with Crippen LogP contribution < -0.4 is 10.2 Å². The summed E-state index contributed by atoms with van der Waals surface area (Å²) in [6, 6.07) is 10.3. The van der Waals surface area contributed by atoms with Crippen molar-refractivity contribution in [1.29, 1.82) is 0 Å². The number of aromatic nitrogens is 1. The topological polar surface area (TPSA) is 91.6 Å². The lowest BCUT2D eigenvalue weighted by molar-refractivity contribution is -0.383. The van der Waals surface area contributed by atoms with Crippen LogP contribution in [0.2, 0.25) is 5.02 Å². The van der Waals surface area contributed by atoms with Gasteiger partial charge in [0, 0.05) is 66.4 Å². The number of rotatable bonds is 5. The number of nitrogens with zero attached hydrogens (tertiary/aromatic N) is 4. The highest BCUT2D eigenvalue weighted by molar-refractivity contribution is 6.31. The first-order chi connectivity index (χ1) is 15.3. The highest BCUT2D eigenvalue weighted by Crippen LogP contribution is 2.33. The first-order valence-electron chi connectivity index (χ1n) is 10.4. The summed E-state index contributed by atoms with van der Waals surface area (Å²) in [5.74, 6) is -0.0734. The van der Waals surface area contributed by atoms with Gasteiger partial charge in [0.1, 0.15) is 0 Å². The summed E-state index contributed by atoms with van der Waals surface area (Å²) in [6.07, 6.45) is 3.19. The molecule has 1 aliphatic heterocycles. The lowest BCUT2D eigenvalue weighted by Crippen LogP contribution is -2.52. The third-order valence-electron chi connectivity index (χ3n) is 6.01. The molecule has 1 aliphatic rings. The molecule has 0 saturated carbocycles. The Morgan fingerprint density at radius 3 is 2.62 bits per heavy atom. The van der Waals surface area contributed by atoms with Crippen LogP contribution in [0.3, 0.4) is 0 Å². The van der Waals surface area contributed by atoms with Crippen LogP contribution in [0.5, 0.6) is 0 Å². The van der Waals surface area contributed by atoms with E-state index in [9.17, 15) is 14.9 Å². The van der Waals surface area contributed by atoms with Gasteiger partial charge in [-0.1, -0.05) is 17.7 Å². The Morgan fingerprint density at radius 1 is 1.16 bits per heavy atom. The average molecular weight is 454 g/mol. The number of pyridine rings is 1. The van der Waals surface area contributed by atoms with Gasteiger partial charge in [0.25, 0.3) is 5.69 Å². The predicted octanol–water partition coefficient (Wildman–Crippen LogP) is 4.25. The molecule has 1 atom stereocenters. The van der Waals surface area contributed by atoms with Gasteiger partial charge in [0.15, 0.2) is 0 Å². The molecule has 0 aliphatic carbocycles. The van der Waals surface area contributed by atoms with Gasteiger partial charge in [-0.05, 0) is 43.7 Å². The number of carbonyl (C=O) groups is 1. The highest BCUT2D eigenvalue weighted by atomic mass is 35.5. The van der Waals surface area contributed by atoms with Crippen molar-refractivity contribution in [1.82, 2.24) is 9.88 Å². The number of benzene rings is 2. The summed E-state index contributed by atoms with van der Waals surface area (Å²) in [5, 5.41) is 16.3. The smallest absolute Gasteiger partial charge is 0.278 e. The molecule has 0 radical (unpaired) electrons. The van der Waals surface area contributed by atoms with Gasteiger partial charge in [-0.2, -0.15) is 0 Å². The molecule has 3 aromatic rings. The number of aryl methyl sites for hydroxylation is 1. The number of piperazine rings is 1. The Bertz CT molecular complexity index is 1180. The van der Waals surface area contributed by atoms with Crippen LogP contribution >= 0.6 is 11.6 Å². The number of nitrogens with one attached hydrogen (secondary N) is 1. The van der Waals surface area contributed by atoms with Crippen LogP contribution in [0.4, 0.5) is 17.1 Å². The largest absolute Gasteiger partial charge is 0.368 e. The molecule has 2 heterocycles. The fourth-order valence-electron chi connectivity index (χ4n) is 4.08. The zero-order valence-electron chi connectivity index (χ0n) is 17.9. The molecule has 9 heteroatoms. The minimum atomic E-state index is -0.381. The van der Waals surface area contributed by atoms with Gasteiger partial charge in [0.2, 0.25) is 5.91 Å². The van der Waals surface area contributed by atoms with Crippen LogP contribution in [0.25, 0.3) is 10.8 Å². The van der Waals surface area contributed by atoms with E-state index in [0.29, 0.717) is 36.6 Å². The van der Waals surface area contributed by atoms with Crippen molar-refractivity contribution < 1.29 is 9.72 Å². The number of fused-ring (bicyclic) bond motifs is 1. The van der Waals surface area contributed by atoms with Gasteiger partial charge >= 0.3 is 0 Å². The van der Waals surface area contributed by atoms with E-state index in [-0.39, 0.29) is 22.6 Å². The minimum absolute atomic E-state index is 0.0529. The normalized spacial score (nSPS) is 15.5. The average Bonchev–Trinajstić information content (AvgIpc) is 2.80. The third-order valence-corrected chi connectivity index (χ3v) is 6.24. The second-order valence-corrected chi connectivity index (χ2v) is 8.37. The first-order valence-corrected chi connectivity index (χ1v) is 10.8. The molecule has 1 aromatic heterocycles. The van der Waals surface area contributed by atoms with Gasteiger partial charge in [-0.15, -0.1) is 0 Å². The second-order valence-electron chi connectivity index (χ2n) is 7.93. The number of amides is 1. The zero-order chi connectivity index (χ0) is 22.8. The summed E-state index contributed by atoms with van der Waals surface area (Å²) in [5.41, 5.74) is 2.68. The maximum absolute atomic E-state index is 12.8. The van der Waals surface area contributed by atoms with E-state index >= 15 is 0 Å². The number of nitro benzene ring substituents is 1. The van der Waals surface area contributed by atoms with Gasteiger partial charge in [0.05, 0.1) is 16.4 Å². The van der Waals surface area contributed by atoms with Gasteiger partial charge < -0.3 is 10.2 Å². The maximum atomic E-state index is 12.8. The molecule has 1 amide bonds. The Hall–Kier alpha value is -3.23. The number of non-ortho nitro benzene ring substituents is 1. The number of nitro groups is 1. The maximum Gasteiger partial charge on any atom is 0.278 e. The SMILES string of the molecule is Cc1ccc(Cl)cc1NC(=O)[C@H](C)N1CCN(c2ccc([N+](=O)[O-])c3cnccc23)CC1. The number of hydrogen-bond donors (Lipinski definition) is 1. The number of anilines is 2. The molecule has 1 fully saturated rings. The quantitative estimate of drug-likeness (QED) is 0.458.